The van der Waals surface area contributed by atoms with Crippen molar-refractivity contribution in [2.24, 2.45) is 0 Å². The number of halogens is 2. The fourth-order valence-electron chi connectivity index (χ4n) is 2.40. The molecule has 0 saturated heterocycles. The average molecular weight is 331 g/mol. The SMILES string of the molecule is CO[C@@H](C)CS(=O)(=O)N1CC=C(c2c(F)cccc2F)CC1. The van der Waals surface area contributed by atoms with E-state index < -0.39 is 27.8 Å². The lowest BCUT2D eigenvalue weighted by atomic mass is 9.99. The Hall–Kier alpha value is -1.31. The Labute approximate surface area is 129 Å². The summed E-state index contributed by atoms with van der Waals surface area (Å²) in [5.41, 5.74) is 0.437. The van der Waals surface area contributed by atoms with E-state index in [9.17, 15) is 17.2 Å². The van der Waals surface area contributed by atoms with Gasteiger partial charge in [0.05, 0.1) is 11.9 Å². The quantitative estimate of drug-likeness (QED) is 0.832. The van der Waals surface area contributed by atoms with Gasteiger partial charge in [-0.2, -0.15) is 4.31 Å². The Morgan fingerprint density at radius 3 is 2.45 bits per heavy atom. The fraction of sp³-hybridized carbons (Fsp3) is 0.467. The summed E-state index contributed by atoms with van der Waals surface area (Å²) < 4.78 is 58.2. The molecular weight excluding hydrogens is 312 g/mol. The van der Waals surface area contributed by atoms with Crippen LogP contribution in [0.5, 0.6) is 0 Å². The van der Waals surface area contributed by atoms with E-state index in [1.807, 2.05) is 0 Å². The normalized spacial score (nSPS) is 18.1. The summed E-state index contributed by atoms with van der Waals surface area (Å²) in [5, 5.41) is 0. The number of sulfonamides is 1. The minimum absolute atomic E-state index is 0.0650. The Morgan fingerprint density at radius 1 is 1.32 bits per heavy atom. The molecule has 1 aliphatic heterocycles. The number of hydrogen-bond acceptors (Lipinski definition) is 3. The molecule has 0 unspecified atom stereocenters. The molecule has 7 heteroatoms. The van der Waals surface area contributed by atoms with Crippen LogP contribution >= 0.6 is 0 Å². The monoisotopic (exact) mass is 331 g/mol. The molecule has 0 fully saturated rings. The van der Waals surface area contributed by atoms with Crippen LogP contribution in [0.4, 0.5) is 8.78 Å². The van der Waals surface area contributed by atoms with Gasteiger partial charge in [0.2, 0.25) is 10.0 Å². The number of hydrogen-bond donors (Lipinski definition) is 0. The molecule has 1 aromatic carbocycles. The largest absolute Gasteiger partial charge is 0.381 e. The van der Waals surface area contributed by atoms with Gasteiger partial charge >= 0.3 is 0 Å². The van der Waals surface area contributed by atoms with Crippen molar-refractivity contribution in [2.45, 2.75) is 19.4 Å². The van der Waals surface area contributed by atoms with Crippen LogP contribution in [0.15, 0.2) is 24.3 Å². The fourth-order valence-corrected chi connectivity index (χ4v) is 4.02. The van der Waals surface area contributed by atoms with Gasteiger partial charge in [-0.15, -0.1) is 0 Å². The second-order valence-electron chi connectivity index (χ2n) is 5.26. The molecule has 0 N–H and O–H groups in total. The van der Waals surface area contributed by atoms with E-state index in [-0.39, 0.29) is 30.8 Å². The summed E-state index contributed by atoms with van der Waals surface area (Å²) >= 11 is 0. The highest BCUT2D eigenvalue weighted by Gasteiger charge is 2.27. The van der Waals surface area contributed by atoms with Gasteiger partial charge in [-0.3, -0.25) is 0 Å². The Kier molecular flexibility index (Phi) is 5.31. The maximum Gasteiger partial charge on any atom is 0.216 e. The molecule has 2 rings (SSSR count). The first kappa shape index (κ1) is 17.1. The van der Waals surface area contributed by atoms with Crippen LogP contribution in [-0.2, 0) is 14.8 Å². The van der Waals surface area contributed by atoms with Crippen molar-refractivity contribution in [3.8, 4) is 0 Å². The maximum atomic E-state index is 13.8. The zero-order valence-electron chi connectivity index (χ0n) is 12.6. The van der Waals surface area contributed by atoms with E-state index in [4.69, 9.17) is 4.74 Å². The number of nitrogens with zero attached hydrogens (tertiary/aromatic N) is 1. The third kappa shape index (κ3) is 3.71. The van der Waals surface area contributed by atoms with Crippen molar-refractivity contribution >= 4 is 15.6 Å². The average Bonchev–Trinajstić information content (AvgIpc) is 2.47. The lowest BCUT2D eigenvalue weighted by molar-refractivity contribution is 0.135. The van der Waals surface area contributed by atoms with Crippen molar-refractivity contribution in [1.82, 2.24) is 4.31 Å². The molecule has 0 saturated carbocycles. The molecule has 1 heterocycles. The van der Waals surface area contributed by atoms with Gasteiger partial charge < -0.3 is 4.74 Å². The van der Waals surface area contributed by atoms with Crippen LogP contribution in [-0.4, -0.2) is 44.8 Å². The van der Waals surface area contributed by atoms with Crippen molar-refractivity contribution in [3.63, 3.8) is 0 Å². The van der Waals surface area contributed by atoms with Gasteiger partial charge in [0.1, 0.15) is 11.6 Å². The number of methoxy groups -OCH3 is 1. The third-order valence-electron chi connectivity index (χ3n) is 3.70. The van der Waals surface area contributed by atoms with Gasteiger partial charge in [0.25, 0.3) is 0 Å². The zero-order chi connectivity index (χ0) is 16.3. The summed E-state index contributed by atoms with van der Waals surface area (Å²) in [4.78, 5) is 0. The molecule has 0 aliphatic carbocycles. The molecule has 0 amide bonds. The first-order chi connectivity index (χ1) is 10.3. The Balaban J connectivity index is 2.16. The molecule has 122 valence electrons. The summed E-state index contributed by atoms with van der Waals surface area (Å²) in [5.74, 6) is -1.37. The van der Waals surface area contributed by atoms with Crippen LogP contribution in [0.1, 0.15) is 18.9 Å². The molecule has 1 aromatic rings. The van der Waals surface area contributed by atoms with Gasteiger partial charge in [0, 0.05) is 25.8 Å². The minimum Gasteiger partial charge on any atom is -0.381 e. The molecule has 1 atom stereocenters. The van der Waals surface area contributed by atoms with Crippen molar-refractivity contribution in [2.75, 3.05) is 26.0 Å². The predicted molar refractivity (Wildman–Crippen MR) is 80.8 cm³/mol. The molecule has 0 aromatic heterocycles. The summed E-state index contributed by atoms with van der Waals surface area (Å²) in [7, 11) is -1.99. The van der Waals surface area contributed by atoms with E-state index in [2.05, 4.69) is 0 Å². The van der Waals surface area contributed by atoms with E-state index in [1.54, 1.807) is 13.0 Å². The molecule has 0 bridgehead atoms. The van der Waals surface area contributed by atoms with Crippen LogP contribution in [0.3, 0.4) is 0 Å². The molecule has 22 heavy (non-hydrogen) atoms. The minimum atomic E-state index is -3.44. The lowest BCUT2D eigenvalue weighted by Gasteiger charge is -2.27. The number of ether oxygens (including phenoxy) is 1. The van der Waals surface area contributed by atoms with Gasteiger partial charge in [0.15, 0.2) is 0 Å². The van der Waals surface area contributed by atoms with E-state index in [0.29, 0.717) is 5.57 Å². The molecule has 0 radical (unpaired) electrons. The van der Waals surface area contributed by atoms with E-state index in [1.165, 1.54) is 29.6 Å². The van der Waals surface area contributed by atoms with Crippen molar-refractivity contribution < 1.29 is 21.9 Å². The second-order valence-corrected chi connectivity index (χ2v) is 7.27. The van der Waals surface area contributed by atoms with Crippen LogP contribution in [0, 0.1) is 11.6 Å². The van der Waals surface area contributed by atoms with E-state index >= 15 is 0 Å². The highest BCUT2D eigenvalue weighted by molar-refractivity contribution is 7.89. The van der Waals surface area contributed by atoms with Crippen LogP contribution in [0.25, 0.3) is 5.57 Å². The first-order valence-corrected chi connectivity index (χ1v) is 8.60. The third-order valence-corrected chi connectivity index (χ3v) is 5.71. The number of rotatable bonds is 5. The van der Waals surface area contributed by atoms with Gasteiger partial charge in [-0.05, 0) is 31.1 Å². The van der Waals surface area contributed by atoms with Gasteiger partial charge in [-0.1, -0.05) is 12.1 Å². The predicted octanol–water partition coefficient (Wildman–Crippen LogP) is 2.42. The zero-order valence-corrected chi connectivity index (χ0v) is 13.4. The molecule has 1 aliphatic rings. The number of benzene rings is 1. The van der Waals surface area contributed by atoms with Crippen molar-refractivity contribution in [1.29, 1.82) is 0 Å². The highest BCUT2D eigenvalue weighted by Crippen LogP contribution is 2.28. The van der Waals surface area contributed by atoms with Crippen LogP contribution in [0.2, 0.25) is 0 Å². The molecule has 4 nitrogen and oxygen atoms in total. The maximum absolute atomic E-state index is 13.8. The summed E-state index contributed by atoms with van der Waals surface area (Å²) in [6.45, 7) is 2.00. The Morgan fingerprint density at radius 2 is 1.95 bits per heavy atom. The van der Waals surface area contributed by atoms with E-state index in [0.717, 1.165) is 0 Å². The molecule has 0 spiro atoms. The molecular formula is C15H19F2NO3S. The summed E-state index contributed by atoms with van der Waals surface area (Å²) in [6.07, 6.45) is 1.44. The standard InChI is InChI=1S/C15H19F2NO3S/c1-11(21-2)10-22(19,20)18-8-6-12(7-9-18)15-13(16)4-3-5-14(15)17/h3-6,11H,7-10H2,1-2H3/t11-/m0/s1. The van der Waals surface area contributed by atoms with Gasteiger partial charge in [-0.25, -0.2) is 17.2 Å². The first-order valence-electron chi connectivity index (χ1n) is 6.99. The smallest absolute Gasteiger partial charge is 0.216 e. The summed E-state index contributed by atoms with van der Waals surface area (Å²) in [6, 6.07) is 3.70. The lowest BCUT2D eigenvalue weighted by Crippen LogP contribution is -2.39. The highest BCUT2D eigenvalue weighted by atomic mass is 32.2. The van der Waals surface area contributed by atoms with Crippen molar-refractivity contribution in [3.05, 3.63) is 41.5 Å². The second kappa shape index (κ2) is 6.85. The Bertz CT molecular complexity index is 653. The van der Waals surface area contributed by atoms with Crippen LogP contribution < -0.4 is 0 Å². The topological polar surface area (TPSA) is 46.6 Å².